The van der Waals surface area contributed by atoms with Crippen LogP contribution in [0.15, 0.2) is 0 Å². The van der Waals surface area contributed by atoms with E-state index in [0.29, 0.717) is 5.92 Å². The lowest BCUT2D eigenvalue weighted by Crippen LogP contribution is -2.44. The van der Waals surface area contributed by atoms with Gasteiger partial charge in [-0.1, -0.05) is 42.1 Å². The fourth-order valence-corrected chi connectivity index (χ4v) is 6.58. The van der Waals surface area contributed by atoms with Gasteiger partial charge in [0.15, 0.2) is 0 Å². The van der Waals surface area contributed by atoms with E-state index in [1.807, 2.05) is 0 Å². The molecule has 0 aromatic rings. The zero-order chi connectivity index (χ0) is 12.5. The second-order valence-corrected chi connectivity index (χ2v) is 8.22. The maximum Gasteiger partial charge on any atom is 0.217 e. The molecule has 2 atom stereocenters. The van der Waals surface area contributed by atoms with Gasteiger partial charge >= 0.3 is 0 Å². The van der Waals surface area contributed by atoms with Gasteiger partial charge in [-0.2, -0.15) is 4.31 Å². The largest absolute Gasteiger partial charge is 0.217 e. The topological polar surface area (TPSA) is 37.4 Å². The third-order valence-electron chi connectivity index (χ3n) is 4.29. The van der Waals surface area contributed by atoms with Crippen molar-refractivity contribution in [3.05, 3.63) is 0 Å². The van der Waals surface area contributed by atoms with Gasteiger partial charge in [0.1, 0.15) is 0 Å². The summed E-state index contributed by atoms with van der Waals surface area (Å²) in [5, 5.41) is 0.656. The molecular formula is C12H22BrNO2S. The van der Waals surface area contributed by atoms with Crippen LogP contribution < -0.4 is 0 Å². The van der Waals surface area contributed by atoms with Crippen LogP contribution in [0.4, 0.5) is 0 Å². The standard InChI is InChI=1S/C12H22BrNO2S/c1-10-7-8-14(12(10)9-13)17(15,16)11-5-3-2-4-6-11/h10-12H,2-9H2,1H3. The number of hydrogen-bond donors (Lipinski definition) is 0. The van der Waals surface area contributed by atoms with Gasteiger partial charge in [-0.15, -0.1) is 0 Å². The molecule has 3 nitrogen and oxygen atoms in total. The minimum Gasteiger partial charge on any atom is -0.212 e. The highest BCUT2D eigenvalue weighted by atomic mass is 79.9. The monoisotopic (exact) mass is 323 g/mol. The van der Waals surface area contributed by atoms with E-state index in [2.05, 4.69) is 22.9 Å². The minimum atomic E-state index is -3.05. The first-order chi connectivity index (χ1) is 8.07. The van der Waals surface area contributed by atoms with Gasteiger partial charge in [-0.05, 0) is 25.2 Å². The molecule has 0 bridgehead atoms. The Hall–Kier alpha value is 0.390. The molecule has 2 rings (SSSR count). The van der Waals surface area contributed by atoms with Crippen molar-refractivity contribution in [2.75, 3.05) is 11.9 Å². The van der Waals surface area contributed by atoms with Crippen molar-refractivity contribution < 1.29 is 8.42 Å². The van der Waals surface area contributed by atoms with E-state index in [1.54, 1.807) is 4.31 Å². The Labute approximate surface area is 113 Å². The molecule has 5 heteroatoms. The molecule has 2 unspecified atom stereocenters. The second-order valence-electron chi connectivity index (χ2n) is 5.40. The van der Waals surface area contributed by atoms with Crippen molar-refractivity contribution in [2.24, 2.45) is 5.92 Å². The first kappa shape index (κ1) is 13.8. The van der Waals surface area contributed by atoms with E-state index in [-0.39, 0.29) is 11.3 Å². The van der Waals surface area contributed by atoms with E-state index in [0.717, 1.165) is 44.0 Å². The van der Waals surface area contributed by atoms with Crippen LogP contribution in [0.2, 0.25) is 0 Å². The van der Waals surface area contributed by atoms with Crippen molar-refractivity contribution in [3.8, 4) is 0 Å². The molecule has 17 heavy (non-hydrogen) atoms. The molecule has 0 spiro atoms. The Morgan fingerprint density at radius 3 is 2.41 bits per heavy atom. The normalized spacial score (nSPS) is 33.1. The first-order valence-electron chi connectivity index (χ1n) is 6.64. The van der Waals surface area contributed by atoms with Crippen molar-refractivity contribution in [2.45, 2.75) is 56.7 Å². The highest BCUT2D eigenvalue weighted by Gasteiger charge is 2.41. The summed E-state index contributed by atoms with van der Waals surface area (Å²) in [6, 6.07) is 0.168. The molecule has 0 aromatic heterocycles. The molecule has 1 saturated heterocycles. The Kier molecular flexibility index (Phi) is 4.53. The highest BCUT2D eigenvalue weighted by molar-refractivity contribution is 9.09. The van der Waals surface area contributed by atoms with Crippen molar-refractivity contribution in [1.82, 2.24) is 4.31 Å². The van der Waals surface area contributed by atoms with Crippen LogP contribution >= 0.6 is 15.9 Å². The van der Waals surface area contributed by atoms with E-state index < -0.39 is 10.0 Å². The molecule has 0 radical (unpaired) electrons. The maximum atomic E-state index is 12.6. The van der Waals surface area contributed by atoms with Crippen LogP contribution in [-0.4, -0.2) is 35.9 Å². The summed E-state index contributed by atoms with van der Waals surface area (Å²) in [5.41, 5.74) is 0. The zero-order valence-corrected chi connectivity index (χ0v) is 12.8. The minimum absolute atomic E-state index is 0.108. The molecule has 0 aromatic carbocycles. The molecule has 1 saturated carbocycles. The number of halogens is 1. The zero-order valence-electron chi connectivity index (χ0n) is 10.4. The Morgan fingerprint density at radius 1 is 1.18 bits per heavy atom. The molecule has 2 aliphatic rings. The second kappa shape index (κ2) is 5.57. The molecule has 1 aliphatic heterocycles. The van der Waals surface area contributed by atoms with E-state index in [9.17, 15) is 8.42 Å². The molecular weight excluding hydrogens is 302 g/mol. The van der Waals surface area contributed by atoms with Crippen LogP contribution in [0.3, 0.4) is 0 Å². The molecule has 1 aliphatic carbocycles. The smallest absolute Gasteiger partial charge is 0.212 e. The lowest BCUT2D eigenvalue weighted by atomic mass is 10.0. The van der Waals surface area contributed by atoms with Gasteiger partial charge in [0.05, 0.1) is 5.25 Å². The van der Waals surface area contributed by atoms with E-state index in [4.69, 9.17) is 0 Å². The van der Waals surface area contributed by atoms with Crippen LogP contribution in [0, 0.1) is 5.92 Å². The maximum absolute atomic E-state index is 12.6. The Morgan fingerprint density at radius 2 is 1.82 bits per heavy atom. The van der Waals surface area contributed by atoms with Crippen LogP contribution in [0.1, 0.15) is 45.4 Å². The van der Waals surface area contributed by atoms with Crippen LogP contribution in [-0.2, 0) is 10.0 Å². The van der Waals surface area contributed by atoms with Crippen LogP contribution in [0.5, 0.6) is 0 Å². The predicted molar refractivity (Wildman–Crippen MR) is 73.9 cm³/mol. The Bertz CT molecular complexity index is 352. The summed E-state index contributed by atoms with van der Waals surface area (Å²) >= 11 is 3.47. The lowest BCUT2D eigenvalue weighted by Gasteiger charge is -2.31. The van der Waals surface area contributed by atoms with Gasteiger partial charge in [-0.3, -0.25) is 0 Å². The van der Waals surface area contributed by atoms with Crippen molar-refractivity contribution >= 4 is 26.0 Å². The van der Waals surface area contributed by atoms with E-state index in [1.165, 1.54) is 6.42 Å². The van der Waals surface area contributed by atoms with Gasteiger partial charge in [0.2, 0.25) is 10.0 Å². The summed E-state index contributed by atoms with van der Waals surface area (Å²) in [6.45, 7) is 2.87. The molecule has 1 heterocycles. The average Bonchev–Trinajstić information content (AvgIpc) is 2.72. The number of rotatable bonds is 3. The summed E-state index contributed by atoms with van der Waals surface area (Å²) in [4.78, 5) is 0. The van der Waals surface area contributed by atoms with Crippen molar-refractivity contribution in [3.63, 3.8) is 0 Å². The lowest BCUT2D eigenvalue weighted by molar-refractivity contribution is 0.362. The number of alkyl halides is 1. The summed E-state index contributed by atoms with van der Waals surface area (Å²) in [5.74, 6) is 0.479. The van der Waals surface area contributed by atoms with Gasteiger partial charge in [-0.25, -0.2) is 8.42 Å². The number of hydrogen-bond acceptors (Lipinski definition) is 2. The third kappa shape index (κ3) is 2.71. The Balaban J connectivity index is 2.14. The van der Waals surface area contributed by atoms with Gasteiger partial charge < -0.3 is 0 Å². The quantitative estimate of drug-likeness (QED) is 0.749. The predicted octanol–water partition coefficient (Wildman–Crippen LogP) is 2.75. The van der Waals surface area contributed by atoms with Gasteiger partial charge in [0.25, 0.3) is 0 Å². The summed E-state index contributed by atoms with van der Waals surface area (Å²) < 4.78 is 27.0. The number of nitrogens with zero attached hydrogens (tertiary/aromatic N) is 1. The third-order valence-corrected chi connectivity index (χ3v) is 7.37. The van der Waals surface area contributed by atoms with Gasteiger partial charge in [0, 0.05) is 17.9 Å². The fourth-order valence-electron chi connectivity index (χ4n) is 3.07. The first-order valence-corrected chi connectivity index (χ1v) is 9.26. The van der Waals surface area contributed by atoms with Crippen molar-refractivity contribution in [1.29, 1.82) is 0 Å². The highest BCUT2D eigenvalue weighted by Crippen LogP contribution is 2.33. The number of sulfonamides is 1. The fraction of sp³-hybridized carbons (Fsp3) is 1.00. The summed E-state index contributed by atoms with van der Waals surface area (Å²) in [7, 11) is -3.05. The molecule has 2 fully saturated rings. The van der Waals surface area contributed by atoms with Crippen LogP contribution in [0.25, 0.3) is 0 Å². The SMILES string of the molecule is CC1CCN(S(=O)(=O)C2CCCCC2)C1CBr. The van der Waals surface area contributed by atoms with E-state index >= 15 is 0 Å². The molecule has 0 N–H and O–H groups in total. The molecule has 0 amide bonds. The molecule has 100 valence electrons. The average molecular weight is 324 g/mol. The summed E-state index contributed by atoms with van der Waals surface area (Å²) in [6.07, 6.45) is 6.08.